The minimum Gasteiger partial charge on any atom is -0.397 e. The fraction of sp³-hybridized carbons (Fsp3) is 0.375. The van der Waals surface area contributed by atoms with Crippen LogP contribution in [0.25, 0.3) is 10.1 Å². The lowest BCUT2D eigenvalue weighted by molar-refractivity contribution is 0.0799. The van der Waals surface area contributed by atoms with Crippen molar-refractivity contribution < 1.29 is 4.79 Å². The highest BCUT2D eigenvalue weighted by Gasteiger charge is 2.21. The number of nitrogens with zero attached hydrogens (tertiary/aromatic N) is 2. The van der Waals surface area contributed by atoms with Crippen molar-refractivity contribution >= 4 is 33.0 Å². The van der Waals surface area contributed by atoms with Crippen LogP contribution in [0.3, 0.4) is 0 Å². The summed E-state index contributed by atoms with van der Waals surface area (Å²) in [6, 6.07) is 1.98. The summed E-state index contributed by atoms with van der Waals surface area (Å²) >= 11 is 1.45. The van der Waals surface area contributed by atoms with Crippen molar-refractivity contribution in [1.29, 1.82) is 0 Å². The highest BCUT2D eigenvalue weighted by atomic mass is 32.1. The van der Waals surface area contributed by atoms with E-state index in [1.54, 1.807) is 4.90 Å². The summed E-state index contributed by atoms with van der Waals surface area (Å²) in [5.41, 5.74) is 8.57. The summed E-state index contributed by atoms with van der Waals surface area (Å²) < 4.78 is 1.03. The number of pyridine rings is 1. The highest BCUT2D eigenvalue weighted by molar-refractivity contribution is 7.21. The van der Waals surface area contributed by atoms with E-state index in [1.165, 1.54) is 11.3 Å². The minimum absolute atomic E-state index is 0.0187. The lowest BCUT2D eigenvalue weighted by Crippen LogP contribution is -2.27. The summed E-state index contributed by atoms with van der Waals surface area (Å²) in [7, 11) is 1.81. The topological polar surface area (TPSA) is 59.2 Å². The molecule has 2 N–H and O–H groups in total. The standard InChI is InChI=1S/C16H21N3OS/c1-5-6-7-8-19(4)16(20)15-14(17)13-11(3)18-10(2)9-12(13)21-15/h5,9H,1,6-8,17H2,2-4H3. The molecule has 2 rings (SSSR count). The smallest absolute Gasteiger partial charge is 0.265 e. The number of fused-ring (bicyclic) bond motifs is 1. The maximum atomic E-state index is 12.5. The number of anilines is 1. The van der Waals surface area contributed by atoms with Gasteiger partial charge in [-0.3, -0.25) is 9.78 Å². The molecule has 0 aliphatic heterocycles. The molecule has 2 heterocycles. The number of aromatic nitrogens is 1. The molecule has 0 radical (unpaired) electrons. The number of rotatable bonds is 5. The van der Waals surface area contributed by atoms with Crippen LogP contribution in [0.1, 0.15) is 33.9 Å². The predicted octanol–water partition coefficient (Wildman–Crippen LogP) is 3.53. The average molecular weight is 303 g/mol. The summed E-state index contributed by atoms with van der Waals surface area (Å²) in [5.74, 6) is -0.0187. The molecule has 0 aliphatic carbocycles. The molecule has 0 fully saturated rings. The molecule has 2 aromatic rings. The Bertz CT molecular complexity index is 690. The van der Waals surface area contributed by atoms with Crippen molar-refractivity contribution in [2.24, 2.45) is 0 Å². The number of nitrogen functional groups attached to an aromatic ring is 1. The zero-order valence-corrected chi connectivity index (χ0v) is 13.6. The van der Waals surface area contributed by atoms with Gasteiger partial charge in [0.1, 0.15) is 4.88 Å². The van der Waals surface area contributed by atoms with Crippen LogP contribution in [-0.4, -0.2) is 29.4 Å². The molecule has 0 aliphatic rings. The van der Waals surface area contributed by atoms with Crippen molar-refractivity contribution in [2.75, 3.05) is 19.3 Å². The van der Waals surface area contributed by atoms with Gasteiger partial charge in [-0.2, -0.15) is 0 Å². The van der Waals surface area contributed by atoms with E-state index < -0.39 is 0 Å². The molecule has 0 atom stereocenters. The Morgan fingerprint density at radius 1 is 1.52 bits per heavy atom. The van der Waals surface area contributed by atoms with E-state index >= 15 is 0 Å². The zero-order chi connectivity index (χ0) is 15.6. The summed E-state index contributed by atoms with van der Waals surface area (Å²) in [6.07, 6.45) is 3.68. The molecule has 4 nitrogen and oxygen atoms in total. The van der Waals surface area contributed by atoms with Gasteiger partial charge in [-0.25, -0.2) is 0 Å². The number of unbranched alkanes of at least 4 members (excludes halogenated alkanes) is 1. The zero-order valence-electron chi connectivity index (χ0n) is 12.8. The van der Waals surface area contributed by atoms with Crippen LogP contribution < -0.4 is 5.73 Å². The molecule has 112 valence electrons. The number of amides is 1. The third-order valence-electron chi connectivity index (χ3n) is 3.46. The van der Waals surface area contributed by atoms with Gasteiger partial charge in [0.05, 0.1) is 5.69 Å². The second-order valence-electron chi connectivity index (χ2n) is 5.22. The average Bonchev–Trinajstić information content (AvgIpc) is 2.75. The van der Waals surface area contributed by atoms with Crippen LogP contribution in [0.5, 0.6) is 0 Å². The van der Waals surface area contributed by atoms with E-state index in [9.17, 15) is 4.79 Å². The van der Waals surface area contributed by atoms with Crippen molar-refractivity contribution in [3.8, 4) is 0 Å². The van der Waals surface area contributed by atoms with Crippen molar-refractivity contribution in [3.63, 3.8) is 0 Å². The molecule has 5 heteroatoms. The van der Waals surface area contributed by atoms with E-state index in [1.807, 2.05) is 33.0 Å². The molecular weight excluding hydrogens is 282 g/mol. The van der Waals surface area contributed by atoms with Crippen LogP contribution in [0.4, 0.5) is 5.69 Å². The third-order valence-corrected chi connectivity index (χ3v) is 4.60. The van der Waals surface area contributed by atoms with Crippen LogP contribution in [0.15, 0.2) is 18.7 Å². The van der Waals surface area contributed by atoms with E-state index in [2.05, 4.69) is 11.6 Å². The van der Waals surface area contributed by atoms with Gasteiger partial charge in [-0.1, -0.05) is 6.08 Å². The van der Waals surface area contributed by atoms with Crippen LogP contribution in [-0.2, 0) is 0 Å². The number of aryl methyl sites for hydroxylation is 2. The highest BCUT2D eigenvalue weighted by Crippen LogP contribution is 2.36. The molecular formula is C16H21N3OS. The van der Waals surface area contributed by atoms with E-state index in [0.29, 0.717) is 17.1 Å². The van der Waals surface area contributed by atoms with Gasteiger partial charge in [-0.15, -0.1) is 17.9 Å². The molecule has 0 saturated heterocycles. The summed E-state index contributed by atoms with van der Waals surface area (Å²) in [4.78, 5) is 19.3. The predicted molar refractivity (Wildman–Crippen MR) is 89.9 cm³/mol. The lowest BCUT2D eigenvalue weighted by atomic mass is 10.2. The van der Waals surface area contributed by atoms with Gasteiger partial charge in [0.15, 0.2) is 0 Å². The number of nitrogens with two attached hydrogens (primary N) is 1. The number of carbonyl (C=O) groups excluding carboxylic acids is 1. The molecule has 0 unspecified atom stereocenters. The monoisotopic (exact) mass is 303 g/mol. The molecule has 0 aromatic carbocycles. The van der Waals surface area contributed by atoms with Crippen molar-refractivity contribution in [1.82, 2.24) is 9.88 Å². The Morgan fingerprint density at radius 2 is 2.24 bits per heavy atom. The van der Waals surface area contributed by atoms with Gasteiger partial charge >= 0.3 is 0 Å². The van der Waals surface area contributed by atoms with Crippen LogP contribution in [0.2, 0.25) is 0 Å². The van der Waals surface area contributed by atoms with Gasteiger partial charge in [0.2, 0.25) is 0 Å². The second kappa shape index (κ2) is 6.26. The Morgan fingerprint density at radius 3 is 2.90 bits per heavy atom. The first-order valence-electron chi connectivity index (χ1n) is 6.98. The second-order valence-corrected chi connectivity index (χ2v) is 6.28. The van der Waals surface area contributed by atoms with E-state index in [-0.39, 0.29) is 5.91 Å². The number of thiophene rings is 1. The number of hydrogen-bond acceptors (Lipinski definition) is 4. The Hall–Kier alpha value is -1.88. The first-order chi connectivity index (χ1) is 9.95. The number of hydrogen-bond donors (Lipinski definition) is 1. The Kier molecular flexibility index (Phi) is 4.63. The van der Waals surface area contributed by atoms with E-state index in [4.69, 9.17) is 5.73 Å². The van der Waals surface area contributed by atoms with Gasteiger partial charge in [-0.05, 0) is 32.8 Å². The molecule has 0 spiro atoms. The SMILES string of the molecule is C=CCCCN(C)C(=O)c1sc2cc(C)nc(C)c2c1N. The fourth-order valence-electron chi connectivity index (χ4n) is 2.39. The fourth-order valence-corrected chi connectivity index (χ4v) is 3.65. The van der Waals surface area contributed by atoms with Crippen LogP contribution in [0, 0.1) is 13.8 Å². The molecule has 0 saturated carbocycles. The van der Waals surface area contributed by atoms with Gasteiger partial charge in [0.25, 0.3) is 5.91 Å². The summed E-state index contributed by atoms with van der Waals surface area (Å²) in [5, 5.41) is 0.911. The lowest BCUT2D eigenvalue weighted by Gasteiger charge is -2.16. The third kappa shape index (κ3) is 3.08. The minimum atomic E-state index is -0.0187. The van der Waals surface area contributed by atoms with Crippen molar-refractivity contribution in [2.45, 2.75) is 26.7 Å². The van der Waals surface area contributed by atoms with E-state index in [0.717, 1.165) is 34.3 Å². The molecule has 0 bridgehead atoms. The molecule has 1 amide bonds. The van der Waals surface area contributed by atoms with Gasteiger partial charge in [0, 0.05) is 35.1 Å². The largest absolute Gasteiger partial charge is 0.397 e. The van der Waals surface area contributed by atoms with Crippen LogP contribution >= 0.6 is 11.3 Å². The Labute approximate surface area is 129 Å². The molecule has 2 aromatic heterocycles. The normalized spacial score (nSPS) is 10.8. The maximum Gasteiger partial charge on any atom is 0.265 e. The first kappa shape index (κ1) is 15.5. The maximum absolute atomic E-state index is 12.5. The summed E-state index contributed by atoms with van der Waals surface area (Å²) in [6.45, 7) is 8.28. The quantitative estimate of drug-likeness (QED) is 0.679. The number of carbonyl (C=O) groups is 1. The van der Waals surface area contributed by atoms with Gasteiger partial charge < -0.3 is 10.6 Å². The first-order valence-corrected chi connectivity index (χ1v) is 7.80. The Balaban J connectivity index is 2.33. The number of allylic oxidation sites excluding steroid dienone is 1. The molecule has 21 heavy (non-hydrogen) atoms. The van der Waals surface area contributed by atoms with Crippen molar-refractivity contribution in [3.05, 3.63) is 35.0 Å².